The minimum Gasteiger partial charge on any atom is -0.459 e. The van der Waals surface area contributed by atoms with Gasteiger partial charge in [0.1, 0.15) is 18.0 Å². The molecule has 0 aliphatic carbocycles. The van der Waals surface area contributed by atoms with Gasteiger partial charge in [-0.3, -0.25) is 4.79 Å². The molecule has 0 atom stereocenters. The molecule has 22 heavy (non-hydrogen) atoms. The van der Waals surface area contributed by atoms with Gasteiger partial charge in [0.2, 0.25) is 0 Å². The van der Waals surface area contributed by atoms with Gasteiger partial charge in [0.15, 0.2) is 5.76 Å². The summed E-state index contributed by atoms with van der Waals surface area (Å²) in [6.45, 7) is 1.01. The summed E-state index contributed by atoms with van der Waals surface area (Å²) >= 11 is 0. The van der Waals surface area contributed by atoms with E-state index in [2.05, 4.69) is 20.6 Å². The summed E-state index contributed by atoms with van der Waals surface area (Å²) in [5.74, 6) is 1.55. The normalized spacial score (nSPS) is 10.4. The largest absolute Gasteiger partial charge is 0.459 e. The summed E-state index contributed by atoms with van der Waals surface area (Å²) in [6, 6.07) is 9.00. The van der Waals surface area contributed by atoms with E-state index in [1.165, 1.54) is 12.6 Å². The molecule has 0 unspecified atom stereocenters. The minimum atomic E-state index is -0.234. The number of nitrogens with zero attached hydrogens (tertiary/aromatic N) is 3. The fourth-order valence-electron chi connectivity index (χ4n) is 1.93. The molecule has 3 aromatic rings. The summed E-state index contributed by atoms with van der Waals surface area (Å²) in [6.07, 6.45) is 6.79. The van der Waals surface area contributed by atoms with E-state index >= 15 is 0 Å². The van der Waals surface area contributed by atoms with Crippen LogP contribution in [0.4, 0.5) is 5.82 Å². The molecule has 0 saturated carbocycles. The predicted octanol–water partition coefficient (Wildman–Crippen LogP) is 1.70. The Morgan fingerprint density at radius 1 is 1.18 bits per heavy atom. The van der Waals surface area contributed by atoms with E-state index in [4.69, 9.17) is 4.42 Å². The maximum absolute atomic E-state index is 11.7. The van der Waals surface area contributed by atoms with E-state index in [0.29, 0.717) is 24.7 Å². The second kappa shape index (κ2) is 6.57. The van der Waals surface area contributed by atoms with Crippen molar-refractivity contribution in [3.05, 3.63) is 61.1 Å². The lowest BCUT2D eigenvalue weighted by Gasteiger charge is -2.08. The minimum absolute atomic E-state index is 0.234. The van der Waals surface area contributed by atoms with Crippen molar-refractivity contribution in [1.29, 1.82) is 0 Å². The standard InChI is InChI=1S/C15H15N5O2/c21-15(12-4-3-9-22-12)17-6-5-16-13-10-14(19-11-18-13)20-7-1-2-8-20/h1-4,7-11H,5-6H2,(H,17,21)(H,16,18,19). The van der Waals surface area contributed by atoms with Crippen LogP contribution in [0.3, 0.4) is 0 Å². The first-order chi connectivity index (χ1) is 10.8. The molecular formula is C15H15N5O2. The Labute approximate surface area is 127 Å². The topological polar surface area (TPSA) is 85.0 Å². The molecule has 7 heteroatoms. The van der Waals surface area contributed by atoms with Crippen molar-refractivity contribution in [1.82, 2.24) is 19.9 Å². The summed E-state index contributed by atoms with van der Waals surface area (Å²) in [5.41, 5.74) is 0. The second-order valence-electron chi connectivity index (χ2n) is 4.51. The summed E-state index contributed by atoms with van der Waals surface area (Å²) in [7, 11) is 0. The lowest BCUT2D eigenvalue weighted by Crippen LogP contribution is -2.28. The zero-order valence-corrected chi connectivity index (χ0v) is 11.8. The van der Waals surface area contributed by atoms with Crippen LogP contribution in [0.25, 0.3) is 5.82 Å². The van der Waals surface area contributed by atoms with E-state index in [0.717, 1.165) is 5.82 Å². The zero-order valence-electron chi connectivity index (χ0n) is 11.8. The van der Waals surface area contributed by atoms with Crippen molar-refractivity contribution in [2.24, 2.45) is 0 Å². The van der Waals surface area contributed by atoms with Crippen molar-refractivity contribution in [2.75, 3.05) is 18.4 Å². The fourth-order valence-corrected chi connectivity index (χ4v) is 1.93. The molecule has 0 bridgehead atoms. The van der Waals surface area contributed by atoms with Gasteiger partial charge >= 0.3 is 0 Å². The molecule has 7 nitrogen and oxygen atoms in total. The smallest absolute Gasteiger partial charge is 0.287 e. The van der Waals surface area contributed by atoms with Crippen LogP contribution in [0.15, 0.2) is 59.7 Å². The molecule has 0 fully saturated rings. The van der Waals surface area contributed by atoms with Gasteiger partial charge in [0.25, 0.3) is 5.91 Å². The summed E-state index contributed by atoms with van der Waals surface area (Å²) < 4.78 is 6.91. The monoisotopic (exact) mass is 297 g/mol. The number of carbonyl (C=O) groups excluding carboxylic acids is 1. The summed E-state index contributed by atoms with van der Waals surface area (Å²) in [4.78, 5) is 20.0. The van der Waals surface area contributed by atoms with E-state index in [9.17, 15) is 4.79 Å². The highest BCUT2D eigenvalue weighted by molar-refractivity contribution is 5.91. The molecule has 112 valence electrons. The third kappa shape index (κ3) is 3.32. The van der Waals surface area contributed by atoms with Gasteiger partial charge in [-0.1, -0.05) is 0 Å². The lowest BCUT2D eigenvalue weighted by atomic mass is 10.4. The first-order valence-corrected chi connectivity index (χ1v) is 6.84. The Morgan fingerprint density at radius 3 is 2.82 bits per heavy atom. The average molecular weight is 297 g/mol. The number of rotatable bonds is 6. The zero-order chi connectivity index (χ0) is 15.2. The molecule has 0 aliphatic rings. The molecule has 0 spiro atoms. The van der Waals surface area contributed by atoms with E-state index in [-0.39, 0.29) is 5.91 Å². The number of nitrogens with one attached hydrogen (secondary N) is 2. The Hall–Kier alpha value is -3.09. The number of anilines is 1. The van der Waals surface area contributed by atoms with Crippen LogP contribution in [-0.2, 0) is 0 Å². The molecule has 0 aliphatic heterocycles. The van der Waals surface area contributed by atoms with Crippen LogP contribution >= 0.6 is 0 Å². The van der Waals surface area contributed by atoms with Crippen LogP contribution in [0.5, 0.6) is 0 Å². The van der Waals surface area contributed by atoms with Gasteiger partial charge in [-0.15, -0.1) is 0 Å². The number of hydrogen-bond acceptors (Lipinski definition) is 5. The molecule has 2 N–H and O–H groups in total. The van der Waals surface area contributed by atoms with Gasteiger partial charge in [-0.25, -0.2) is 9.97 Å². The van der Waals surface area contributed by atoms with Crippen molar-refractivity contribution >= 4 is 11.7 Å². The van der Waals surface area contributed by atoms with Crippen molar-refractivity contribution in [3.8, 4) is 5.82 Å². The molecule has 3 heterocycles. The third-order valence-corrected chi connectivity index (χ3v) is 2.98. The van der Waals surface area contributed by atoms with Crippen LogP contribution in [0, 0.1) is 0 Å². The Balaban J connectivity index is 1.50. The summed E-state index contributed by atoms with van der Waals surface area (Å²) in [5, 5.41) is 5.89. The predicted molar refractivity (Wildman–Crippen MR) is 80.9 cm³/mol. The van der Waals surface area contributed by atoms with Crippen LogP contribution < -0.4 is 10.6 Å². The van der Waals surface area contributed by atoms with Crippen LogP contribution in [0.1, 0.15) is 10.6 Å². The highest BCUT2D eigenvalue weighted by Gasteiger charge is 2.06. The first-order valence-electron chi connectivity index (χ1n) is 6.84. The van der Waals surface area contributed by atoms with Crippen molar-refractivity contribution in [3.63, 3.8) is 0 Å². The third-order valence-electron chi connectivity index (χ3n) is 2.98. The Morgan fingerprint density at radius 2 is 2.05 bits per heavy atom. The average Bonchev–Trinajstić information content (AvgIpc) is 3.24. The van der Waals surface area contributed by atoms with Gasteiger partial charge in [0.05, 0.1) is 6.26 Å². The fraction of sp³-hybridized carbons (Fsp3) is 0.133. The maximum Gasteiger partial charge on any atom is 0.287 e. The van der Waals surface area contributed by atoms with E-state index in [1.807, 2.05) is 35.2 Å². The highest BCUT2D eigenvalue weighted by atomic mass is 16.3. The van der Waals surface area contributed by atoms with Gasteiger partial charge < -0.3 is 19.6 Å². The molecule has 1 amide bonds. The van der Waals surface area contributed by atoms with Crippen LogP contribution in [-0.4, -0.2) is 33.5 Å². The lowest BCUT2D eigenvalue weighted by molar-refractivity contribution is 0.0927. The second-order valence-corrected chi connectivity index (χ2v) is 4.51. The number of carbonyl (C=O) groups is 1. The molecule has 3 rings (SSSR count). The molecule has 0 saturated heterocycles. The Kier molecular flexibility index (Phi) is 4.15. The van der Waals surface area contributed by atoms with E-state index in [1.54, 1.807) is 12.1 Å². The molecular weight excluding hydrogens is 282 g/mol. The maximum atomic E-state index is 11.7. The Bertz CT molecular complexity index is 722. The molecule has 0 radical (unpaired) electrons. The number of amides is 1. The van der Waals surface area contributed by atoms with Gasteiger partial charge in [-0.2, -0.15) is 0 Å². The van der Waals surface area contributed by atoms with E-state index < -0.39 is 0 Å². The SMILES string of the molecule is O=C(NCCNc1cc(-n2cccc2)ncn1)c1ccco1. The number of hydrogen-bond donors (Lipinski definition) is 2. The van der Waals surface area contributed by atoms with Gasteiger partial charge in [0, 0.05) is 31.5 Å². The molecule has 3 aromatic heterocycles. The number of furan rings is 1. The molecule has 0 aromatic carbocycles. The van der Waals surface area contributed by atoms with Crippen molar-refractivity contribution < 1.29 is 9.21 Å². The van der Waals surface area contributed by atoms with Crippen LogP contribution in [0.2, 0.25) is 0 Å². The van der Waals surface area contributed by atoms with Gasteiger partial charge in [-0.05, 0) is 24.3 Å². The quantitative estimate of drug-likeness (QED) is 0.676. The van der Waals surface area contributed by atoms with Crippen molar-refractivity contribution in [2.45, 2.75) is 0 Å². The number of aromatic nitrogens is 3. The highest BCUT2D eigenvalue weighted by Crippen LogP contribution is 2.08. The first kappa shape index (κ1) is 13.9.